The van der Waals surface area contributed by atoms with Crippen LogP contribution in [0, 0.1) is 41.5 Å². The molecule has 3 heteroatoms. The summed E-state index contributed by atoms with van der Waals surface area (Å²) in [5.74, 6) is 0. The molecule has 2 aromatic carbocycles. The van der Waals surface area contributed by atoms with Crippen LogP contribution in [0.25, 0.3) is 0 Å². The zero-order chi connectivity index (χ0) is 18.2. The van der Waals surface area contributed by atoms with Gasteiger partial charge in [0.25, 0.3) is 0 Å². The normalized spacial score (nSPS) is 13.6. The Hall–Kier alpha value is -1.66. The number of hydrogen-bond acceptors (Lipinski definition) is 2. The van der Waals surface area contributed by atoms with E-state index in [-0.39, 0.29) is 5.52 Å². The summed E-state index contributed by atoms with van der Waals surface area (Å²) >= 11 is 0. The van der Waals surface area contributed by atoms with Crippen molar-refractivity contribution in [3.8, 4) is 0 Å². The van der Waals surface area contributed by atoms with E-state index in [0.29, 0.717) is 11.7 Å². The molecular weight excluding hydrogens is 315 g/mol. The maximum absolute atomic E-state index is 13.3. The Bertz CT molecular complexity index is 816. The topological polar surface area (TPSA) is 34.1 Å². The highest BCUT2D eigenvalue weighted by molar-refractivity contribution is 7.79. The molecule has 1 atom stereocenters. The summed E-state index contributed by atoms with van der Waals surface area (Å²) in [6.07, 6.45) is 0.330. The fourth-order valence-electron chi connectivity index (χ4n) is 3.59. The summed E-state index contributed by atoms with van der Waals surface area (Å²) in [4.78, 5) is 13.1. The van der Waals surface area contributed by atoms with Gasteiger partial charge < -0.3 is 4.57 Å². The molecule has 128 valence electrons. The van der Waals surface area contributed by atoms with Crippen LogP contribution in [0.4, 0.5) is 0 Å². The van der Waals surface area contributed by atoms with Crippen molar-refractivity contribution in [2.24, 2.45) is 0 Å². The summed E-state index contributed by atoms with van der Waals surface area (Å²) < 4.78 is 13.3. The third-order valence-electron chi connectivity index (χ3n) is 4.62. The molecule has 0 saturated carbocycles. The van der Waals surface area contributed by atoms with E-state index in [2.05, 4.69) is 19.1 Å². The highest BCUT2D eigenvalue weighted by atomic mass is 31.2. The molecule has 0 heterocycles. The van der Waals surface area contributed by atoms with Gasteiger partial charge in [0.2, 0.25) is 5.52 Å². The smallest absolute Gasteiger partial charge is 0.221 e. The first kappa shape index (κ1) is 18.7. The fourth-order valence-corrected chi connectivity index (χ4v) is 5.66. The van der Waals surface area contributed by atoms with Gasteiger partial charge >= 0.3 is 0 Å². The Morgan fingerprint density at radius 1 is 0.792 bits per heavy atom. The van der Waals surface area contributed by atoms with Crippen LogP contribution in [0.3, 0.4) is 0 Å². The predicted octanol–water partition coefficient (Wildman–Crippen LogP) is 5.87. The number of carbonyl (C=O) groups excluding carboxylic acids is 1. The Balaban J connectivity index is 2.45. The molecule has 24 heavy (non-hydrogen) atoms. The van der Waals surface area contributed by atoms with E-state index in [9.17, 15) is 9.36 Å². The number of aryl methyl sites for hydroxylation is 6. The lowest BCUT2D eigenvalue weighted by atomic mass is 10.0. The SMILES string of the molecule is Cc1cc(C)c(CP(C)(=O)C(=O)c2c(C)cc(C)cc2C)c(C)c1. The molecule has 0 aliphatic rings. The summed E-state index contributed by atoms with van der Waals surface area (Å²) in [6.45, 7) is 13.6. The predicted molar refractivity (Wildman–Crippen MR) is 103 cm³/mol. The monoisotopic (exact) mass is 342 g/mol. The third kappa shape index (κ3) is 3.70. The summed E-state index contributed by atoms with van der Waals surface area (Å²) in [5.41, 5.74) is 7.84. The highest BCUT2D eigenvalue weighted by Crippen LogP contribution is 2.50. The molecule has 0 bridgehead atoms. The van der Waals surface area contributed by atoms with E-state index >= 15 is 0 Å². The fraction of sp³-hybridized carbons (Fsp3) is 0.381. The molecule has 0 aliphatic carbocycles. The van der Waals surface area contributed by atoms with Crippen LogP contribution in [0.1, 0.15) is 49.3 Å². The number of carbonyl (C=O) groups is 1. The molecular formula is C21H27O2P. The van der Waals surface area contributed by atoms with Crippen molar-refractivity contribution in [1.82, 2.24) is 0 Å². The van der Waals surface area contributed by atoms with Crippen molar-refractivity contribution in [3.63, 3.8) is 0 Å². The minimum Gasteiger partial charge on any atom is -0.315 e. The minimum atomic E-state index is -3.00. The van der Waals surface area contributed by atoms with Crippen LogP contribution >= 0.6 is 7.14 Å². The van der Waals surface area contributed by atoms with Gasteiger partial charge in [-0.3, -0.25) is 4.79 Å². The van der Waals surface area contributed by atoms with Crippen molar-refractivity contribution in [1.29, 1.82) is 0 Å². The zero-order valence-electron chi connectivity index (χ0n) is 15.8. The van der Waals surface area contributed by atoms with Crippen LogP contribution in [0.2, 0.25) is 0 Å². The van der Waals surface area contributed by atoms with Crippen molar-refractivity contribution >= 4 is 12.7 Å². The molecule has 0 spiro atoms. The van der Waals surface area contributed by atoms with E-state index in [0.717, 1.165) is 33.4 Å². The molecule has 0 radical (unpaired) electrons. The van der Waals surface area contributed by atoms with E-state index in [4.69, 9.17) is 0 Å². The van der Waals surface area contributed by atoms with E-state index in [1.165, 1.54) is 5.56 Å². The van der Waals surface area contributed by atoms with Crippen LogP contribution in [-0.2, 0) is 10.7 Å². The first-order valence-electron chi connectivity index (χ1n) is 8.29. The maximum Gasteiger partial charge on any atom is 0.221 e. The van der Waals surface area contributed by atoms with Crippen LogP contribution < -0.4 is 0 Å². The van der Waals surface area contributed by atoms with Crippen molar-refractivity contribution in [2.75, 3.05) is 6.66 Å². The van der Waals surface area contributed by atoms with Gasteiger partial charge in [-0.2, -0.15) is 0 Å². The Morgan fingerprint density at radius 3 is 1.58 bits per heavy atom. The number of rotatable bonds is 4. The van der Waals surface area contributed by atoms with Crippen LogP contribution in [0.5, 0.6) is 0 Å². The van der Waals surface area contributed by atoms with Gasteiger partial charge in [0.1, 0.15) is 0 Å². The molecule has 2 rings (SSSR count). The molecule has 0 fully saturated rings. The van der Waals surface area contributed by atoms with Gasteiger partial charge in [0.05, 0.1) is 0 Å². The number of benzene rings is 2. The average Bonchev–Trinajstić information content (AvgIpc) is 2.41. The van der Waals surface area contributed by atoms with Crippen LogP contribution in [-0.4, -0.2) is 12.2 Å². The first-order chi connectivity index (χ1) is 11.0. The maximum atomic E-state index is 13.3. The van der Waals surface area contributed by atoms with Crippen molar-refractivity contribution < 1.29 is 9.36 Å². The largest absolute Gasteiger partial charge is 0.315 e. The van der Waals surface area contributed by atoms with Gasteiger partial charge in [0, 0.05) is 11.7 Å². The van der Waals surface area contributed by atoms with Gasteiger partial charge in [-0.1, -0.05) is 35.4 Å². The second-order valence-corrected chi connectivity index (χ2v) is 10.1. The van der Waals surface area contributed by atoms with Gasteiger partial charge in [-0.25, -0.2) is 0 Å². The van der Waals surface area contributed by atoms with Crippen molar-refractivity contribution in [3.05, 3.63) is 68.8 Å². The molecule has 0 amide bonds. The standard InChI is InChI=1S/C21H27O2P/c1-13-8-15(3)19(16(4)9-13)12-24(7,23)21(22)20-17(5)10-14(2)11-18(20)6/h8-11H,12H2,1-7H3. The Morgan fingerprint density at radius 2 is 1.17 bits per heavy atom. The molecule has 0 aliphatic heterocycles. The minimum absolute atomic E-state index is 0.197. The zero-order valence-corrected chi connectivity index (χ0v) is 16.7. The molecule has 0 N–H and O–H groups in total. The second-order valence-electron chi connectivity index (χ2n) is 7.22. The summed E-state index contributed by atoms with van der Waals surface area (Å²) in [5, 5.41) is 0. The molecule has 2 aromatic rings. The van der Waals surface area contributed by atoms with Crippen molar-refractivity contribution in [2.45, 2.75) is 47.7 Å². The molecule has 0 aromatic heterocycles. The molecule has 0 saturated heterocycles. The first-order valence-corrected chi connectivity index (χ1v) is 10.6. The molecule has 2 nitrogen and oxygen atoms in total. The van der Waals surface area contributed by atoms with E-state index in [1.807, 2.05) is 46.8 Å². The number of hydrogen-bond donors (Lipinski definition) is 0. The van der Waals surface area contributed by atoms with Gasteiger partial charge in [-0.15, -0.1) is 0 Å². The highest BCUT2D eigenvalue weighted by Gasteiger charge is 2.30. The van der Waals surface area contributed by atoms with Gasteiger partial charge in [-0.05, 0) is 76.0 Å². The molecule has 1 unspecified atom stereocenters. The van der Waals surface area contributed by atoms with Gasteiger partial charge in [0.15, 0.2) is 7.14 Å². The lowest BCUT2D eigenvalue weighted by molar-refractivity contribution is 0.107. The lowest BCUT2D eigenvalue weighted by Gasteiger charge is -2.19. The van der Waals surface area contributed by atoms with E-state index in [1.54, 1.807) is 6.66 Å². The Kier molecular flexibility index (Phi) is 5.20. The third-order valence-corrected chi connectivity index (χ3v) is 6.62. The summed E-state index contributed by atoms with van der Waals surface area (Å²) in [6, 6.07) is 8.16. The summed E-state index contributed by atoms with van der Waals surface area (Å²) in [7, 11) is -3.00. The quantitative estimate of drug-likeness (QED) is 0.651. The van der Waals surface area contributed by atoms with Crippen LogP contribution in [0.15, 0.2) is 24.3 Å². The Labute approximate surface area is 145 Å². The lowest BCUT2D eigenvalue weighted by Crippen LogP contribution is -2.08. The second kappa shape index (κ2) is 6.69. The average molecular weight is 342 g/mol. The van der Waals surface area contributed by atoms with E-state index < -0.39 is 7.14 Å².